The van der Waals surface area contributed by atoms with Gasteiger partial charge in [0.05, 0.1) is 6.42 Å². The minimum absolute atomic E-state index is 0. The first-order valence-electron chi connectivity index (χ1n) is 2.30. The smallest absolute Gasteiger partial charge is 0.321 e. The molecular formula is C4H8CuN2O3. The molecule has 63 valence electrons. The average Bonchev–Trinajstić information content (AvgIpc) is 1.63. The van der Waals surface area contributed by atoms with Gasteiger partial charge in [0, 0.05) is 17.1 Å². The Hall–Kier alpha value is -0.581. The van der Waals surface area contributed by atoms with Gasteiger partial charge in [0.1, 0.15) is 6.04 Å². The summed E-state index contributed by atoms with van der Waals surface area (Å²) in [5.41, 5.74) is 9.57. The van der Waals surface area contributed by atoms with Crippen molar-refractivity contribution in [2.24, 2.45) is 11.5 Å². The van der Waals surface area contributed by atoms with Crippen LogP contribution in [0.4, 0.5) is 0 Å². The van der Waals surface area contributed by atoms with Crippen molar-refractivity contribution in [1.82, 2.24) is 0 Å². The largest absolute Gasteiger partial charge is 0.480 e. The van der Waals surface area contributed by atoms with E-state index in [0.29, 0.717) is 0 Å². The van der Waals surface area contributed by atoms with Gasteiger partial charge in [0.2, 0.25) is 5.91 Å². The molecule has 0 bridgehead atoms. The molecule has 0 rings (SSSR count). The number of carbonyl (C=O) groups excluding carboxylic acids is 1. The second-order valence-electron chi connectivity index (χ2n) is 1.62. The molecule has 6 heteroatoms. The van der Waals surface area contributed by atoms with Gasteiger partial charge < -0.3 is 16.6 Å². The van der Waals surface area contributed by atoms with E-state index in [-0.39, 0.29) is 23.5 Å². The molecule has 0 aromatic heterocycles. The Balaban J connectivity index is 0. The van der Waals surface area contributed by atoms with Crippen LogP contribution in [-0.2, 0) is 26.7 Å². The molecule has 1 unspecified atom stereocenters. The number of nitrogens with two attached hydrogens (primary N) is 2. The van der Waals surface area contributed by atoms with Crippen molar-refractivity contribution in [2.75, 3.05) is 0 Å². The zero-order chi connectivity index (χ0) is 7.44. The number of aliphatic carboxylic acids is 1. The maximum Gasteiger partial charge on any atom is 0.321 e. The Morgan fingerprint density at radius 2 is 1.90 bits per heavy atom. The van der Waals surface area contributed by atoms with E-state index in [2.05, 4.69) is 5.73 Å². The summed E-state index contributed by atoms with van der Waals surface area (Å²) in [6, 6.07) is -1.16. The van der Waals surface area contributed by atoms with Gasteiger partial charge in [-0.2, -0.15) is 0 Å². The standard InChI is InChI=1S/C4H8N2O3.Cu/c5-2(4(8)9)1-3(6)7;/h2H,1,5H2,(H2,6,7)(H,8,9);. The number of carboxylic acids is 1. The van der Waals surface area contributed by atoms with Crippen LogP contribution >= 0.6 is 0 Å². The van der Waals surface area contributed by atoms with Crippen molar-refractivity contribution in [3.05, 3.63) is 0 Å². The summed E-state index contributed by atoms with van der Waals surface area (Å²) < 4.78 is 0. The van der Waals surface area contributed by atoms with Gasteiger partial charge in [-0.25, -0.2) is 0 Å². The molecule has 5 N–H and O–H groups in total. The van der Waals surface area contributed by atoms with E-state index in [1.165, 1.54) is 0 Å². The third kappa shape index (κ3) is 5.55. The number of primary amides is 1. The molecule has 1 amide bonds. The molecule has 0 saturated heterocycles. The van der Waals surface area contributed by atoms with E-state index in [4.69, 9.17) is 10.8 Å². The van der Waals surface area contributed by atoms with E-state index < -0.39 is 17.9 Å². The van der Waals surface area contributed by atoms with Crippen LogP contribution < -0.4 is 11.5 Å². The Morgan fingerprint density at radius 1 is 1.50 bits per heavy atom. The fourth-order valence-corrected chi connectivity index (χ4v) is 0.304. The molecule has 0 saturated carbocycles. The van der Waals surface area contributed by atoms with Gasteiger partial charge in [-0.3, -0.25) is 9.59 Å². The summed E-state index contributed by atoms with van der Waals surface area (Å²) in [5.74, 6) is -1.92. The normalized spacial score (nSPS) is 11.3. The molecule has 0 fully saturated rings. The van der Waals surface area contributed by atoms with Crippen LogP contribution in [0.25, 0.3) is 0 Å². The fourth-order valence-electron chi connectivity index (χ4n) is 0.304. The molecule has 0 aromatic carbocycles. The SMILES string of the molecule is NC(=O)CC(N)C(=O)O.[Cu]. The number of carbonyl (C=O) groups is 2. The summed E-state index contributed by atoms with van der Waals surface area (Å²) in [6.45, 7) is 0. The number of rotatable bonds is 3. The average molecular weight is 196 g/mol. The van der Waals surface area contributed by atoms with Gasteiger partial charge in [0.25, 0.3) is 0 Å². The third-order valence-electron chi connectivity index (χ3n) is 0.738. The van der Waals surface area contributed by atoms with Gasteiger partial charge in [0.15, 0.2) is 0 Å². The van der Waals surface area contributed by atoms with Crippen molar-refractivity contribution in [3.63, 3.8) is 0 Å². The van der Waals surface area contributed by atoms with Crippen molar-refractivity contribution in [3.8, 4) is 0 Å². The number of amides is 1. The zero-order valence-electron chi connectivity index (χ0n) is 5.00. The molecule has 5 nitrogen and oxygen atoms in total. The number of hydrogen-bond donors (Lipinski definition) is 3. The van der Waals surface area contributed by atoms with Crippen LogP contribution in [0.15, 0.2) is 0 Å². The summed E-state index contributed by atoms with van der Waals surface area (Å²) >= 11 is 0. The van der Waals surface area contributed by atoms with Gasteiger partial charge >= 0.3 is 5.97 Å². The Labute approximate surface area is 68.2 Å². The Kier molecular flexibility index (Phi) is 6.34. The quantitative estimate of drug-likeness (QED) is 0.466. The summed E-state index contributed by atoms with van der Waals surface area (Å²) in [6.07, 6.45) is -0.310. The van der Waals surface area contributed by atoms with E-state index in [9.17, 15) is 9.59 Å². The first-order chi connectivity index (χ1) is 4.04. The first kappa shape index (κ1) is 12.1. The monoisotopic (exact) mass is 195 g/mol. The molecule has 0 aromatic rings. The third-order valence-corrected chi connectivity index (χ3v) is 0.738. The van der Waals surface area contributed by atoms with Gasteiger partial charge in [-0.15, -0.1) is 0 Å². The minimum atomic E-state index is -1.21. The van der Waals surface area contributed by atoms with Gasteiger partial charge in [-0.05, 0) is 0 Å². The second kappa shape index (κ2) is 5.22. The van der Waals surface area contributed by atoms with E-state index >= 15 is 0 Å². The van der Waals surface area contributed by atoms with Crippen molar-refractivity contribution in [1.29, 1.82) is 0 Å². The molecule has 0 aliphatic heterocycles. The van der Waals surface area contributed by atoms with Crippen LogP contribution in [0.3, 0.4) is 0 Å². The predicted octanol–water partition coefficient (Wildman–Crippen LogP) is -1.73. The molecule has 0 aliphatic rings. The fraction of sp³-hybridized carbons (Fsp3) is 0.500. The van der Waals surface area contributed by atoms with E-state index in [1.54, 1.807) is 0 Å². The van der Waals surface area contributed by atoms with Crippen molar-refractivity contribution < 1.29 is 31.8 Å². The number of hydrogen-bond acceptors (Lipinski definition) is 3. The molecule has 1 radical (unpaired) electrons. The topological polar surface area (TPSA) is 106 Å². The minimum Gasteiger partial charge on any atom is -0.480 e. The van der Waals surface area contributed by atoms with E-state index in [1.807, 2.05) is 0 Å². The second-order valence-corrected chi connectivity index (χ2v) is 1.62. The summed E-state index contributed by atoms with van der Waals surface area (Å²) in [5, 5.41) is 8.10. The van der Waals surface area contributed by atoms with Gasteiger partial charge in [-0.1, -0.05) is 0 Å². The van der Waals surface area contributed by atoms with Crippen LogP contribution in [0, 0.1) is 0 Å². The summed E-state index contributed by atoms with van der Waals surface area (Å²) in [4.78, 5) is 19.9. The zero-order valence-corrected chi connectivity index (χ0v) is 5.95. The molecule has 0 aliphatic carbocycles. The Bertz CT molecular complexity index is 138. The summed E-state index contributed by atoms with van der Waals surface area (Å²) in [7, 11) is 0. The van der Waals surface area contributed by atoms with Crippen LogP contribution in [0.5, 0.6) is 0 Å². The van der Waals surface area contributed by atoms with Crippen LogP contribution in [0.2, 0.25) is 0 Å². The van der Waals surface area contributed by atoms with E-state index in [0.717, 1.165) is 0 Å². The first-order valence-corrected chi connectivity index (χ1v) is 2.30. The molecule has 1 atom stereocenters. The maximum absolute atomic E-state index is 9.99. The Morgan fingerprint density at radius 3 is 2.00 bits per heavy atom. The molecule has 0 heterocycles. The van der Waals surface area contributed by atoms with Crippen molar-refractivity contribution >= 4 is 11.9 Å². The number of carboxylic acid groups (broad SMARTS) is 1. The maximum atomic E-state index is 9.99. The van der Waals surface area contributed by atoms with Crippen LogP contribution in [0.1, 0.15) is 6.42 Å². The predicted molar refractivity (Wildman–Crippen MR) is 29.4 cm³/mol. The molecule has 10 heavy (non-hydrogen) atoms. The van der Waals surface area contributed by atoms with Crippen molar-refractivity contribution in [2.45, 2.75) is 12.5 Å². The molecular weight excluding hydrogens is 188 g/mol. The molecule has 0 spiro atoms. The van der Waals surface area contributed by atoms with Crippen LogP contribution in [-0.4, -0.2) is 23.0 Å².